The van der Waals surface area contributed by atoms with Crippen molar-refractivity contribution in [1.29, 1.82) is 0 Å². The number of rotatable bonds is 9. The largest absolute Gasteiger partial charge is 0.383 e. The Morgan fingerprint density at radius 3 is 2.26 bits per heavy atom. The van der Waals surface area contributed by atoms with Gasteiger partial charge in [0.1, 0.15) is 0 Å². The fourth-order valence-electron chi connectivity index (χ4n) is 2.12. The molecule has 2 amide bonds. The van der Waals surface area contributed by atoms with E-state index in [4.69, 9.17) is 4.74 Å². The summed E-state index contributed by atoms with van der Waals surface area (Å²) in [6.45, 7) is 0.553. The molecule has 27 heavy (non-hydrogen) atoms. The average Bonchev–Trinajstić information content (AvgIpc) is 2.67. The molecule has 0 radical (unpaired) electrons. The average molecular weight is 391 g/mol. The Bertz CT molecular complexity index is 868. The van der Waals surface area contributed by atoms with Crippen molar-refractivity contribution in [2.24, 2.45) is 0 Å². The number of carbonyl (C=O) groups excluding carboxylic acids is 2. The molecule has 0 fully saturated rings. The molecule has 0 aliphatic rings. The second-order valence-corrected chi connectivity index (χ2v) is 7.20. The van der Waals surface area contributed by atoms with Crippen molar-refractivity contribution in [3.63, 3.8) is 0 Å². The normalized spacial score (nSPS) is 10.9. The highest BCUT2D eigenvalue weighted by molar-refractivity contribution is 7.92. The fraction of sp³-hybridized carbons (Fsp3) is 0.222. The zero-order valence-corrected chi connectivity index (χ0v) is 15.6. The van der Waals surface area contributed by atoms with E-state index >= 15 is 0 Å². The smallest absolute Gasteiger partial charge is 0.261 e. The highest BCUT2D eigenvalue weighted by atomic mass is 32.2. The number of hydrogen-bond donors (Lipinski definition) is 3. The summed E-state index contributed by atoms with van der Waals surface area (Å²) in [5.41, 5.74) is 0.692. The van der Waals surface area contributed by atoms with Crippen molar-refractivity contribution in [3.8, 4) is 0 Å². The van der Waals surface area contributed by atoms with E-state index in [0.717, 1.165) is 0 Å². The molecule has 0 bridgehead atoms. The van der Waals surface area contributed by atoms with Crippen molar-refractivity contribution in [3.05, 3.63) is 60.2 Å². The molecule has 0 heterocycles. The first kappa shape index (κ1) is 20.4. The third kappa shape index (κ3) is 6.39. The molecule has 2 rings (SSSR count). The summed E-state index contributed by atoms with van der Waals surface area (Å²) in [6, 6.07) is 13.9. The van der Waals surface area contributed by atoms with Gasteiger partial charge in [0.2, 0.25) is 5.91 Å². The lowest BCUT2D eigenvalue weighted by Crippen LogP contribution is -2.38. The Kier molecular flexibility index (Phi) is 7.33. The Morgan fingerprint density at radius 1 is 0.963 bits per heavy atom. The van der Waals surface area contributed by atoms with Crippen LogP contribution in [-0.2, 0) is 19.6 Å². The maximum absolute atomic E-state index is 12.3. The van der Waals surface area contributed by atoms with Crippen LogP contribution in [0.4, 0.5) is 5.69 Å². The molecule has 2 aromatic carbocycles. The summed E-state index contributed by atoms with van der Waals surface area (Å²) >= 11 is 0. The summed E-state index contributed by atoms with van der Waals surface area (Å²) < 4.78 is 32.0. The summed E-state index contributed by atoms with van der Waals surface area (Å²) in [5.74, 6) is -0.816. The predicted molar refractivity (Wildman–Crippen MR) is 101 cm³/mol. The van der Waals surface area contributed by atoms with Crippen LogP contribution in [0, 0.1) is 0 Å². The zero-order chi connectivity index (χ0) is 19.7. The maximum atomic E-state index is 12.3. The number of para-hydroxylation sites is 1. The Labute approximate surface area is 158 Å². The summed E-state index contributed by atoms with van der Waals surface area (Å²) in [4.78, 5) is 23.6. The first-order valence-corrected chi connectivity index (χ1v) is 9.62. The number of benzene rings is 2. The maximum Gasteiger partial charge on any atom is 0.261 e. The van der Waals surface area contributed by atoms with Gasteiger partial charge >= 0.3 is 0 Å². The number of hydrogen-bond acceptors (Lipinski definition) is 5. The van der Waals surface area contributed by atoms with E-state index in [1.165, 1.54) is 31.4 Å². The van der Waals surface area contributed by atoms with Crippen molar-refractivity contribution in [2.45, 2.75) is 4.90 Å². The van der Waals surface area contributed by atoms with Crippen LogP contribution in [0.2, 0.25) is 0 Å². The minimum atomic E-state index is -3.75. The molecule has 144 valence electrons. The highest BCUT2D eigenvalue weighted by Crippen LogP contribution is 2.16. The van der Waals surface area contributed by atoms with Gasteiger partial charge in [0, 0.05) is 24.9 Å². The Hall–Kier alpha value is -2.91. The lowest BCUT2D eigenvalue weighted by Gasteiger charge is -2.09. The third-order valence-electron chi connectivity index (χ3n) is 3.49. The second-order valence-electron chi connectivity index (χ2n) is 5.52. The van der Waals surface area contributed by atoms with Crippen LogP contribution in [0.15, 0.2) is 59.5 Å². The van der Waals surface area contributed by atoms with Gasteiger partial charge < -0.3 is 15.4 Å². The number of methoxy groups -OCH3 is 1. The van der Waals surface area contributed by atoms with Crippen LogP contribution in [0.3, 0.4) is 0 Å². The van der Waals surface area contributed by atoms with E-state index in [0.29, 0.717) is 18.8 Å². The van der Waals surface area contributed by atoms with Crippen LogP contribution in [0.5, 0.6) is 0 Å². The van der Waals surface area contributed by atoms with E-state index in [1.807, 2.05) is 0 Å². The topological polar surface area (TPSA) is 114 Å². The number of nitrogens with one attached hydrogen (secondary N) is 3. The molecule has 0 aromatic heterocycles. The van der Waals surface area contributed by atoms with E-state index in [2.05, 4.69) is 15.4 Å². The van der Waals surface area contributed by atoms with Gasteiger partial charge in [-0.05, 0) is 36.4 Å². The van der Waals surface area contributed by atoms with E-state index in [1.54, 1.807) is 30.3 Å². The van der Waals surface area contributed by atoms with Gasteiger partial charge in [-0.3, -0.25) is 14.3 Å². The van der Waals surface area contributed by atoms with Gasteiger partial charge in [-0.25, -0.2) is 8.42 Å². The Balaban J connectivity index is 1.94. The molecule has 2 aromatic rings. The SMILES string of the molecule is COCCNC(=O)CNC(=O)c1ccc(S(=O)(=O)Nc2ccccc2)cc1. The molecule has 8 nitrogen and oxygen atoms in total. The van der Waals surface area contributed by atoms with E-state index < -0.39 is 15.9 Å². The van der Waals surface area contributed by atoms with Gasteiger partial charge in [-0.15, -0.1) is 0 Å². The minimum Gasteiger partial charge on any atom is -0.383 e. The highest BCUT2D eigenvalue weighted by Gasteiger charge is 2.15. The van der Waals surface area contributed by atoms with Crippen molar-refractivity contribution in [2.75, 3.05) is 31.5 Å². The van der Waals surface area contributed by atoms with Crippen molar-refractivity contribution < 1.29 is 22.7 Å². The quantitative estimate of drug-likeness (QED) is 0.552. The lowest BCUT2D eigenvalue weighted by atomic mass is 10.2. The standard InChI is InChI=1S/C18H21N3O5S/c1-26-12-11-19-17(22)13-20-18(23)14-7-9-16(10-8-14)27(24,25)21-15-5-3-2-4-6-15/h2-10,21H,11-13H2,1H3,(H,19,22)(H,20,23). The van der Waals surface area contributed by atoms with Crippen LogP contribution >= 0.6 is 0 Å². The molecule has 0 aliphatic carbocycles. The fourth-order valence-corrected chi connectivity index (χ4v) is 3.18. The van der Waals surface area contributed by atoms with E-state index in [9.17, 15) is 18.0 Å². The first-order chi connectivity index (χ1) is 12.9. The molecule has 0 spiro atoms. The van der Waals surface area contributed by atoms with Crippen LogP contribution in [0.1, 0.15) is 10.4 Å². The predicted octanol–water partition coefficient (Wildman–Crippen LogP) is 0.980. The molecule has 0 saturated carbocycles. The number of ether oxygens (including phenoxy) is 1. The molecule has 0 saturated heterocycles. The van der Waals surface area contributed by atoms with Gasteiger partial charge in [0.15, 0.2) is 0 Å². The second kappa shape index (κ2) is 9.70. The lowest BCUT2D eigenvalue weighted by molar-refractivity contribution is -0.120. The summed E-state index contributed by atoms with van der Waals surface area (Å²) in [6.07, 6.45) is 0. The van der Waals surface area contributed by atoms with Crippen molar-refractivity contribution >= 4 is 27.5 Å². The molecule has 0 aliphatic heterocycles. The van der Waals surface area contributed by atoms with Gasteiger partial charge in [-0.2, -0.15) is 0 Å². The zero-order valence-electron chi connectivity index (χ0n) is 14.8. The Morgan fingerprint density at radius 2 is 1.63 bits per heavy atom. The first-order valence-electron chi connectivity index (χ1n) is 8.14. The van der Waals surface area contributed by atoms with Gasteiger partial charge in [0.25, 0.3) is 15.9 Å². The van der Waals surface area contributed by atoms with Crippen LogP contribution < -0.4 is 15.4 Å². The number of carbonyl (C=O) groups is 2. The van der Waals surface area contributed by atoms with Crippen LogP contribution in [0.25, 0.3) is 0 Å². The van der Waals surface area contributed by atoms with Crippen molar-refractivity contribution in [1.82, 2.24) is 10.6 Å². The van der Waals surface area contributed by atoms with Crippen LogP contribution in [-0.4, -0.2) is 47.0 Å². The molecule has 0 unspecified atom stereocenters. The summed E-state index contributed by atoms with van der Waals surface area (Å²) in [5, 5.41) is 5.04. The van der Waals surface area contributed by atoms with Gasteiger partial charge in [0.05, 0.1) is 18.0 Å². The van der Waals surface area contributed by atoms with E-state index in [-0.39, 0.29) is 22.9 Å². The molecule has 3 N–H and O–H groups in total. The molecule has 0 atom stereocenters. The third-order valence-corrected chi connectivity index (χ3v) is 4.89. The summed E-state index contributed by atoms with van der Waals surface area (Å²) in [7, 11) is -2.23. The monoisotopic (exact) mass is 391 g/mol. The molecular weight excluding hydrogens is 370 g/mol. The van der Waals surface area contributed by atoms with Gasteiger partial charge in [-0.1, -0.05) is 18.2 Å². The molecular formula is C18H21N3O5S. The number of anilines is 1. The minimum absolute atomic E-state index is 0.0280. The molecule has 9 heteroatoms. The number of sulfonamides is 1. The number of amides is 2.